The van der Waals surface area contributed by atoms with E-state index in [4.69, 9.17) is 14.3 Å². The summed E-state index contributed by atoms with van der Waals surface area (Å²) in [7, 11) is 1.57. The molecule has 1 aromatic heterocycles. The highest BCUT2D eigenvalue weighted by Crippen LogP contribution is 2.22. The molecule has 10 heteroatoms. The summed E-state index contributed by atoms with van der Waals surface area (Å²) < 4.78 is 11.6. The molecule has 2 aromatic rings. The molecule has 3 heterocycles. The lowest BCUT2D eigenvalue weighted by molar-refractivity contribution is -0.125. The lowest BCUT2D eigenvalue weighted by Crippen LogP contribution is -2.47. The number of halogens is 1. The monoisotopic (exact) mass is 490 g/mol. The van der Waals surface area contributed by atoms with Gasteiger partial charge in [0.15, 0.2) is 6.10 Å². The van der Waals surface area contributed by atoms with Gasteiger partial charge in [0.25, 0.3) is 0 Å². The molecule has 1 N–H and O–H groups in total. The van der Waals surface area contributed by atoms with Crippen LogP contribution in [0.3, 0.4) is 0 Å². The zero-order valence-corrected chi connectivity index (χ0v) is 18.6. The molecule has 2 aliphatic heterocycles. The number of carbonyl (C=O) groups is 2. The number of likely N-dealkylation sites (tertiary alicyclic amines) is 1. The van der Waals surface area contributed by atoms with Gasteiger partial charge in [-0.3, -0.25) is 14.7 Å². The van der Waals surface area contributed by atoms with Gasteiger partial charge in [0, 0.05) is 37.1 Å². The van der Waals surface area contributed by atoms with Crippen molar-refractivity contribution in [1.29, 1.82) is 0 Å². The van der Waals surface area contributed by atoms with Gasteiger partial charge in [-0.2, -0.15) is 0 Å². The maximum absolute atomic E-state index is 12.8. The summed E-state index contributed by atoms with van der Waals surface area (Å²) in [5.74, 6) is -0.268. The molecule has 2 amide bonds. The summed E-state index contributed by atoms with van der Waals surface area (Å²) in [6, 6.07) is 8.99. The minimum Gasteiger partial charge on any atom is -0.444 e. The molecule has 9 nitrogen and oxygen atoms in total. The summed E-state index contributed by atoms with van der Waals surface area (Å²) >= 11 is 3.27. The van der Waals surface area contributed by atoms with Crippen LogP contribution in [0.15, 0.2) is 41.7 Å². The number of methoxy groups -OCH3 is 1. The average molecular weight is 491 g/mol. The van der Waals surface area contributed by atoms with E-state index in [-0.39, 0.29) is 31.3 Å². The molecule has 1 fully saturated rings. The molecule has 4 rings (SSSR count). The fourth-order valence-corrected chi connectivity index (χ4v) is 4.12. The van der Waals surface area contributed by atoms with Gasteiger partial charge in [-0.1, -0.05) is 23.4 Å². The van der Waals surface area contributed by atoms with Crippen molar-refractivity contribution in [2.75, 3.05) is 20.2 Å². The van der Waals surface area contributed by atoms with Gasteiger partial charge in [-0.25, -0.2) is 4.79 Å². The van der Waals surface area contributed by atoms with Crippen LogP contribution in [0.1, 0.15) is 18.4 Å². The molecule has 0 spiro atoms. The van der Waals surface area contributed by atoms with Gasteiger partial charge in [-0.05, 0) is 28.1 Å². The number of nitrogens with one attached hydrogen (secondary N) is 1. The Hall–Kier alpha value is -2.72. The number of ether oxygens (including phenoxy) is 2. The first-order valence-corrected chi connectivity index (χ1v) is 10.8. The molecular weight excluding hydrogens is 468 g/mol. The molecule has 0 saturated carbocycles. The van der Waals surface area contributed by atoms with Crippen molar-refractivity contribution in [3.05, 3.63) is 42.1 Å². The molecule has 164 valence electrons. The van der Waals surface area contributed by atoms with Crippen LogP contribution in [-0.4, -0.2) is 65.0 Å². The highest BCUT2D eigenvalue weighted by molar-refractivity contribution is 9.18. The lowest BCUT2D eigenvalue weighted by Gasteiger charge is -2.23. The van der Waals surface area contributed by atoms with Crippen LogP contribution in [0.5, 0.6) is 0 Å². The van der Waals surface area contributed by atoms with Crippen LogP contribution in [-0.2, 0) is 25.7 Å². The zero-order chi connectivity index (χ0) is 21.8. The molecular formula is C21H23BrN4O5. The van der Waals surface area contributed by atoms with Gasteiger partial charge < -0.3 is 19.6 Å². The fourth-order valence-electron chi connectivity index (χ4n) is 3.68. The van der Waals surface area contributed by atoms with Gasteiger partial charge >= 0.3 is 6.09 Å². The van der Waals surface area contributed by atoms with E-state index in [0.717, 1.165) is 16.5 Å². The van der Waals surface area contributed by atoms with Crippen LogP contribution < -0.4 is 5.32 Å². The quantitative estimate of drug-likeness (QED) is 0.667. The Morgan fingerprint density at radius 1 is 1.35 bits per heavy atom. The van der Waals surface area contributed by atoms with Crippen LogP contribution in [0.25, 0.3) is 10.9 Å². The highest BCUT2D eigenvalue weighted by Gasteiger charge is 2.41. The largest absolute Gasteiger partial charge is 0.444 e. The number of carbonyl (C=O) groups excluding carboxylic acids is 2. The van der Waals surface area contributed by atoms with Crippen LogP contribution in [0, 0.1) is 0 Å². The van der Waals surface area contributed by atoms with E-state index >= 15 is 0 Å². The van der Waals surface area contributed by atoms with Crippen LogP contribution in [0.2, 0.25) is 0 Å². The summed E-state index contributed by atoms with van der Waals surface area (Å²) in [5.41, 5.74) is 1.65. The number of para-hydroxylation sites is 1. The lowest BCUT2D eigenvalue weighted by atomic mass is 10.1. The van der Waals surface area contributed by atoms with Crippen LogP contribution >= 0.6 is 15.9 Å². The first kappa shape index (κ1) is 21.5. The van der Waals surface area contributed by atoms with E-state index in [1.807, 2.05) is 30.3 Å². The second-order valence-corrected chi connectivity index (χ2v) is 8.41. The van der Waals surface area contributed by atoms with E-state index in [1.54, 1.807) is 13.3 Å². The molecule has 1 saturated heterocycles. The topological polar surface area (TPSA) is 102 Å². The number of rotatable bonds is 6. The molecule has 2 aliphatic rings. The fraction of sp³-hybridized carbons (Fsp3) is 0.429. The van der Waals surface area contributed by atoms with Crippen molar-refractivity contribution in [3.8, 4) is 0 Å². The van der Waals surface area contributed by atoms with Crippen molar-refractivity contribution in [3.63, 3.8) is 0 Å². The van der Waals surface area contributed by atoms with Crippen molar-refractivity contribution in [1.82, 2.24) is 15.2 Å². The molecule has 0 radical (unpaired) electrons. The minimum atomic E-state index is -0.669. The van der Waals surface area contributed by atoms with E-state index in [9.17, 15) is 9.59 Å². The second-order valence-electron chi connectivity index (χ2n) is 7.50. The average Bonchev–Trinajstić information content (AvgIpc) is 3.42. The number of fused-ring (bicyclic) bond motifs is 1. The SMILES string of the molecule is COC1CC(C(=O)NCC2CC(Br)=NO2)N(C(=O)OCc2cnc3ccccc3c2)C1. The number of oxime groups is 1. The maximum atomic E-state index is 12.8. The summed E-state index contributed by atoms with van der Waals surface area (Å²) in [6.07, 6.45) is 1.67. The van der Waals surface area contributed by atoms with Crippen molar-refractivity contribution in [2.24, 2.45) is 5.16 Å². The first-order chi connectivity index (χ1) is 15.0. The minimum absolute atomic E-state index is 0.0699. The molecule has 31 heavy (non-hydrogen) atoms. The van der Waals surface area contributed by atoms with Gasteiger partial charge in [0.2, 0.25) is 5.91 Å². The Kier molecular flexibility index (Phi) is 6.67. The Morgan fingerprint density at radius 2 is 2.19 bits per heavy atom. The molecule has 0 aliphatic carbocycles. The predicted molar refractivity (Wildman–Crippen MR) is 117 cm³/mol. The van der Waals surface area contributed by atoms with Crippen molar-refractivity contribution in [2.45, 2.75) is 37.7 Å². The number of hydrogen-bond donors (Lipinski definition) is 1. The third-order valence-electron chi connectivity index (χ3n) is 5.34. The molecule has 3 unspecified atom stereocenters. The Balaban J connectivity index is 1.35. The molecule has 3 atom stereocenters. The number of benzene rings is 1. The number of nitrogens with zero attached hydrogens (tertiary/aromatic N) is 3. The predicted octanol–water partition coefficient (Wildman–Crippen LogP) is 2.57. The molecule has 0 bridgehead atoms. The first-order valence-electron chi connectivity index (χ1n) is 9.99. The number of amides is 2. The summed E-state index contributed by atoms with van der Waals surface area (Å²) in [4.78, 5) is 36.5. The van der Waals surface area contributed by atoms with Crippen molar-refractivity contribution < 1.29 is 23.9 Å². The Bertz CT molecular complexity index is 1000. The van der Waals surface area contributed by atoms with Crippen molar-refractivity contribution >= 4 is 43.5 Å². The standard InChI is InChI=1S/C21H23BrN4O5/c1-29-16-7-18(20(27)24-10-15-8-19(22)25-31-15)26(11-16)21(28)30-12-13-6-14-4-2-3-5-17(14)23-9-13/h2-6,9,15-16,18H,7-8,10-12H2,1H3,(H,24,27). The van der Waals surface area contributed by atoms with E-state index in [2.05, 4.69) is 31.4 Å². The highest BCUT2D eigenvalue weighted by atomic mass is 79.9. The van der Waals surface area contributed by atoms with E-state index in [0.29, 0.717) is 24.0 Å². The maximum Gasteiger partial charge on any atom is 0.410 e. The third kappa shape index (κ3) is 5.13. The summed E-state index contributed by atoms with van der Waals surface area (Å²) in [6.45, 7) is 0.662. The number of pyridine rings is 1. The Labute approximate surface area is 187 Å². The third-order valence-corrected chi connectivity index (χ3v) is 5.81. The Morgan fingerprint density at radius 3 is 2.97 bits per heavy atom. The molecule has 1 aromatic carbocycles. The number of hydrogen-bond acceptors (Lipinski definition) is 7. The van der Waals surface area contributed by atoms with Gasteiger partial charge in [0.1, 0.15) is 17.3 Å². The normalized spacial score (nSPS) is 22.8. The van der Waals surface area contributed by atoms with Crippen LogP contribution in [0.4, 0.5) is 4.79 Å². The van der Waals surface area contributed by atoms with Gasteiger partial charge in [0.05, 0.1) is 24.7 Å². The van der Waals surface area contributed by atoms with Gasteiger partial charge in [-0.15, -0.1) is 0 Å². The number of aromatic nitrogens is 1. The van der Waals surface area contributed by atoms with E-state index < -0.39 is 12.1 Å². The zero-order valence-electron chi connectivity index (χ0n) is 17.0. The smallest absolute Gasteiger partial charge is 0.410 e. The van der Waals surface area contributed by atoms with E-state index in [1.165, 1.54) is 4.90 Å². The summed E-state index contributed by atoms with van der Waals surface area (Å²) in [5, 5.41) is 7.61. The second kappa shape index (κ2) is 9.61.